The molecule has 0 radical (unpaired) electrons. The van der Waals surface area contributed by atoms with Crippen LogP contribution >= 0.6 is 41.2 Å². The summed E-state index contributed by atoms with van der Waals surface area (Å²) in [7, 11) is -6.42. The molecule has 2 aromatic carbocycles. The zero-order valence-electron chi connectivity index (χ0n) is 24.8. The van der Waals surface area contributed by atoms with Crippen molar-refractivity contribution >= 4 is 82.0 Å². The van der Waals surface area contributed by atoms with E-state index >= 15 is 0 Å². The lowest BCUT2D eigenvalue weighted by Crippen LogP contribution is -2.36. The van der Waals surface area contributed by atoms with Crippen LogP contribution in [0.1, 0.15) is 25.7 Å². The molecular weight excluding hydrogens is 610 g/mol. The fraction of sp³-hybridized carbons (Fsp3) is 0.600. The molecule has 0 aliphatic rings. The molecule has 0 aromatic heterocycles. The van der Waals surface area contributed by atoms with E-state index in [0.29, 0.717) is 0 Å². The van der Waals surface area contributed by atoms with Gasteiger partial charge in [0, 0.05) is 0 Å². The van der Waals surface area contributed by atoms with Crippen LogP contribution in [0.4, 0.5) is 0 Å². The minimum atomic E-state index is -1.55. The quantitative estimate of drug-likeness (QED) is 0.0847. The van der Waals surface area contributed by atoms with Gasteiger partial charge in [0.25, 0.3) is 0 Å². The van der Waals surface area contributed by atoms with Crippen LogP contribution in [0.25, 0.3) is 0 Å². The molecule has 0 fully saturated rings. The summed E-state index contributed by atoms with van der Waals surface area (Å²) in [6.45, 7) is 13.9. The highest BCUT2D eigenvalue weighted by molar-refractivity contribution is 7.73. The Morgan fingerprint density at radius 2 is 0.789 bits per heavy atom. The first-order valence-electron chi connectivity index (χ1n) is 14.6. The molecule has 38 heavy (non-hydrogen) atoms. The van der Waals surface area contributed by atoms with Gasteiger partial charge in [-0.15, -0.1) is 0 Å². The van der Waals surface area contributed by atoms with E-state index in [-0.39, 0.29) is 7.92 Å². The lowest BCUT2D eigenvalue weighted by molar-refractivity contribution is 0.872. The van der Waals surface area contributed by atoms with Gasteiger partial charge in [-0.3, -0.25) is 0 Å². The molecule has 0 N–H and O–H groups in total. The normalized spacial score (nSPS) is 13.3. The second-order valence-electron chi connectivity index (χ2n) is 13.1. The Morgan fingerprint density at radius 1 is 0.474 bits per heavy atom. The van der Waals surface area contributed by atoms with Crippen molar-refractivity contribution in [3.8, 4) is 0 Å². The third-order valence-corrected chi connectivity index (χ3v) is 22.3. The van der Waals surface area contributed by atoms with Gasteiger partial charge in [-0.2, -0.15) is 33.2 Å². The average Bonchev–Trinajstić information content (AvgIpc) is 2.80. The minimum Gasteiger partial charge on any atom is -0.168 e. The number of benzene rings is 2. The van der Waals surface area contributed by atoms with E-state index in [2.05, 4.69) is 99.9 Å². The van der Waals surface area contributed by atoms with Gasteiger partial charge in [-0.25, -0.2) is 0 Å². The standard InChI is InChI=1S/C30H52Cl3PSi4/c1-35(2,31)22-14-26-38(27-15-23-36(3,4)32,28-16-24-37(5,6)33)25-13-21-34(29-17-9-7-10-18-29)30-19-11-8-12-20-30/h7-12,17-20H,13-16,21-28H2,1-6H3. The van der Waals surface area contributed by atoms with Crippen LogP contribution in [0.5, 0.6) is 0 Å². The van der Waals surface area contributed by atoms with Gasteiger partial charge in [-0.05, 0) is 42.8 Å². The largest absolute Gasteiger partial charge is 0.168 e. The van der Waals surface area contributed by atoms with Crippen molar-refractivity contribution in [1.29, 1.82) is 0 Å². The maximum Gasteiger partial charge on any atom is 0.150 e. The molecule has 0 saturated heterocycles. The highest BCUT2D eigenvalue weighted by Crippen LogP contribution is 2.40. The Labute approximate surface area is 254 Å². The van der Waals surface area contributed by atoms with Gasteiger partial charge < -0.3 is 0 Å². The molecule has 0 bridgehead atoms. The molecule has 0 saturated carbocycles. The van der Waals surface area contributed by atoms with Crippen molar-refractivity contribution in [3.05, 3.63) is 60.7 Å². The first-order valence-corrected chi connectivity index (χ1v) is 31.6. The second kappa shape index (κ2) is 16.3. The van der Waals surface area contributed by atoms with E-state index in [9.17, 15) is 0 Å². The molecule has 0 heterocycles. The van der Waals surface area contributed by atoms with Gasteiger partial charge in [-0.1, -0.05) is 150 Å². The van der Waals surface area contributed by atoms with Gasteiger partial charge in [0.15, 0.2) is 0 Å². The molecule has 0 nitrogen and oxygen atoms in total. The van der Waals surface area contributed by atoms with Crippen LogP contribution in [0.15, 0.2) is 60.7 Å². The maximum absolute atomic E-state index is 6.81. The zero-order chi connectivity index (χ0) is 28.3. The molecule has 0 aliphatic heterocycles. The van der Waals surface area contributed by atoms with E-state index in [4.69, 9.17) is 33.2 Å². The van der Waals surface area contributed by atoms with Crippen LogP contribution in [0, 0.1) is 0 Å². The van der Waals surface area contributed by atoms with Crippen molar-refractivity contribution in [1.82, 2.24) is 0 Å². The van der Waals surface area contributed by atoms with E-state index in [1.54, 1.807) is 0 Å². The number of hydrogen-bond donors (Lipinski definition) is 0. The summed E-state index contributed by atoms with van der Waals surface area (Å²) in [5.74, 6) is 0. The van der Waals surface area contributed by atoms with Crippen LogP contribution in [0.2, 0.25) is 81.6 Å². The smallest absolute Gasteiger partial charge is 0.150 e. The highest BCUT2D eigenvalue weighted by atomic mass is 35.6. The summed E-state index contributed by atoms with van der Waals surface area (Å²) in [6, 6.07) is 32.0. The van der Waals surface area contributed by atoms with Crippen molar-refractivity contribution in [2.75, 3.05) is 6.16 Å². The van der Waals surface area contributed by atoms with Crippen LogP contribution < -0.4 is 10.6 Å². The molecular formula is C30H52Cl3PSi4. The molecule has 0 unspecified atom stereocenters. The van der Waals surface area contributed by atoms with Gasteiger partial charge >= 0.3 is 0 Å². The summed E-state index contributed by atoms with van der Waals surface area (Å²) in [5, 5.41) is 3.03. The Hall–Kier alpha value is 0.608. The summed E-state index contributed by atoms with van der Waals surface area (Å²) in [5.41, 5.74) is 0. The summed E-state index contributed by atoms with van der Waals surface area (Å²) in [4.78, 5) is 0. The predicted octanol–water partition coefficient (Wildman–Crippen LogP) is 11.5. The van der Waals surface area contributed by atoms with Gasteiger partial charge in [0.2, 0.25) is 0 Å². The van der Waals surface area contributed by atoms with Crippen molar-refractivity contribution in [3.63, 3.8) is 0 Å². The van der Waals surface area contributed by atoms with Crippen molar-refractivity contribution < 1.29 is 0 Å². The molecule has 2 aromatic rings. The van der Waals surface area contributed by atoms with E-state index in [1.165, 1.54) is 84.8 Å². The number of rotatable bonds is 18. The summed E-state index contributed by atoms with van der Waals surface area (Å²) < 4.78 is 0. The topological polar surface area (TPSA) is 0 Å². The Bertz CT molecular complexity index is 819. The van der Waals surface area contributed by atoms with Gasteiger partial charge in [0.1, 0.15) is 22.2 Å². The molecule has 8 heteroatoms. The summed E-state index contributed by atoms with van der Waals surface area (Å²) >= 11 is 20.4. The lowest BCUT2D eigenvalue weighted by atomic mass is 10.4. The van der Waals surface area contributed by atoms with Crippen LogP contribution in [-0.4, -0.2) is 36.4 Å². The molecule has 0 spiro atoms. The minimum absolute atomic E-state index is 0.319. The lowest BCUT2D eigenvalue weighted by Gasteiger charge is -2.35. The fourth-order valence-electron chi connectivity index (χ4n) is 5.64. The predicted molar refractivity (Wildman–Crippen MR) is 192 cm³/mol. The molecule has 0 atom stereocenters. The van der Waals surface area contributed by atoms with Crippen molar-refractivity contribution in [2.24, 2.45) is 0 Å². The first kappa shape index (κ1) is 34.8. The third kappa shape index (κ3) is 15.0. The number of halogens is 3. The SMILES string of the molecule is C[Si](C)(Cl)CCC[Si](CCCP(c1ccccc1)c1ccccc1)(CCC[Si](C)(C)Cl)CCC[Si](C)(C)Cl. The second-order valence-corrected chi connectivity index (χ2v) is 41.5. The monoisotopic (exact) mass is 660 g/mol. The van der Waals surface area contributed by atoms with Crippen molar-refractivity contribution in [2.45, 2.75) is 107 Å². The third-order valence-electron chi connectivity index (χ3n) is 7.66. The fourth-order valence-corrected chi connectivity index (χ4v) is 18.8. The maximum atomic E-state index is 6.81. The summed E-state index contributed by atoms with van der Waals surface area (Å²) in [6.07, 6.45) is 6.60. The van der Waals surface area contributed by atoms with E-state index in [1.807, 2.05) is 0 Å². The Balaban J connectivity index is 2.23. The average molecular weight is 662 g/mol. The van der Waals surface area contributed by atoms with Crippen LogP contribution in [0.3, 0.4) is 0 Å². The highest BCUT2D eigenvalue weighted by Gasteiger charge is 2.34. The molecule has 2 rings (SSSR count). The zero-order valence-corrected chi connectivity index (χ0v) is 32.0. The number of hydrogen-bond acceptors (Lipinski definition) is 0. The first-order chi connectivity index (χ1) is 17.7. The molecule has 0 aliphatic carbocycles. The van der Waals surface area contributed by atoms with E-state index < -0.39 is 30.2 Å². The van der Waals surface area contributed by atoms with Crippen LogP contribution in [-0.2, 0) is 0 Å². The molecule has 0 amide bonds. The van der Waals surface area contributed by atoms with E-state index in [0.717, 1.165) is 0 Å². The Kier molecular flexibility index (Phi) is 14.9. The molecule has 214 valence electrons. The van der Waals surface area contributed by atoms with Gasteiger partial charge in [0.05, 0.1) is 8.07 Å². The Morgan fingerprint density at radius 3 is 1.11 bits per heavy atom.